The Balaban J connectivity index is 1.92. The van der Waals surface area contributed by atoms with Gasteiger partial charge in [-0.25, -0.2) is 10.4 Å². The lowest BCUT2D eigenvalue weighted by Crippen LogP contribution is -2.32. The first-order valence-corrected chi connectivity index (χ1v) is 7.35. The van der Waals surface area contributed by atoms with Crippen LogP contribution in [0.1, 0.15) is 44.1 Å². The average Bonchev–Trinajstić information content (AvgIpc) is 2.74. The number of hydrogen-bond acceptors (Lipinski definition) is 3. The number of nitrogens with one attached hydrogen (secondary N) is 1. The van der Waals surface area contributed by atoms with Gasteiger partial charge in [0.15, 0.2) is 0 Å². The monoisotopic (exact) mass is 271 g/mol. The molecule has 0 aromatic carbocycles. The lowest BCUT2D eigenvalue weighted by Gasteiger charge is -2.12. The number of nitrogens with zero attached hydrogens (tertiary/aromatic N) is 3. The van der Waals surface area contributed by atoms with Gasteiger partial charge in [-0.3, -0.25) is 4.99 Å². The molecular formula is C15H21N5. The molecule has 5 nitrogen and oxygen atoms in total. The van der Waals surface area contributed by atoms with Crippen molar-refractivity contribution in [3.05, 3.63) is 36.2 Å². The maximum atomic E-state index is 5.69. The molecule has 2 aromatic rings. The van der Waals surface area contributed by atoms with Gasteiger partial charge in [-0.05, 0) is 25.0 Å². The summed E-state index contributed by atoms with van der Waals surface area (Å²) in [4.78, 5) is 4.83. The summed E-state index contributed by atoms with van der Waals surface area (Å²) in [7, 11) is 0. The Morgan fingerprint density at radius 2 is 2.05 bits per heavy atom. The Bertz CT molecular complexity index is 593. The Labute approximate surface area is 118 Å². The van der Waals surface area contributed by atoms with E-state index < -0.39 is 0 Å². The number of hydrogen-bond donors (Lipinski definition) is 2. The smallest absolute Gasteiger partial charge is 0.146 e. The number of nitrogens with two attached hydrogens (primary N) is 1. The maximum Gasteiger partial charge on any atom is 0.146 e. The number of fused-ring (bicyclic) bond motifs is 1. The Kier molecular flexibility index (Phi) is 3.97. The molecule has 5 heteroatoms. The summed E-state index contributed by atoms with van der Waals surface area (Å²) in [5.41, 5.74) is 4.76. The van der Waals surface area contributed by atoms with E-state index in [0.29, 0.717) is 6.04 Å². The fourth-order valence-corrected chi connectivity index (χ4v) is 2.87. The topological polar surface area (TPSA) is 67.7 Å². The lowest BCUT2D eigenvalue weighted by atomic mass is 10.1. The molecule has 3 rings (SSSR count). The quantitative estimate of drug-likeness (QED) is 0.289. The molecule has 106 valence electrons. The molecule has 1 saturated carbocycles. The van der Waals surface area contributed by atoms with Crippen molar-refractivity contribution in [3.8, 4) is 0 Å². The lowest BCUT2D eigenvalue weighted by molar-refractivity contribution is 0.583. The molecule has 2 heterocycles. The van der Waals surface area contributed by atoms with Gasteiger partial charge in [-0.2, -0.15) is 5.10 Å². The van der Waals surface area contributed by atoms with E-state index in [1.165, 1.54) is 25.7 Å². The van der Waals surface area contributed by atoms with Gasteiger partial charge in [0, 0.05) is 6.20 Å². The van der Waals surface area contributed by atoms with Gasteiger partial charge in [0.05, 0.1) is 23.3 Å². The molecule has 20 heavy (non-hydrogen) atoms. The molecular weight excluding hydrogens is 250 g/mol. The van der Waals surface area contributed by atoms with Gasteiger partial charge in [-0.1, -0.05) is 31.7 Å². The summed E-state index contributed by atoms with van der Waals surface area (Å²) in [5, 5.41) is 4.34. The van der Waals surface area contributed by atoms with E-state index >= 15 is 0 Å². The maximum absolute atomic E-state index is 5.69. The van der Waals surface area contributed by atoms with Crippen LogP contribution in [0.5, 0.6) is 0 Å². The molecule has 0 bridgehead atoms. The number of hydrazine groups is 1. The zero-order valence-electron chi connectivity index (χ0n) is 11.6. The van der Waals surface area contributed by atoms with Crippen molar-refractivity contribution in [1.29, 1.82) is 0 Å². The highest BCUT2D eigenvalue weighted by atomic mass is 15.3. The highest BCUT2D eigenvalue weighted by molar-refractivity contribution is 6.04. The first-order chi connectivity index (χ1) is 9.88. The summed E-state index contributed by atoms with van der Waals surface area (Å²) < 4.78 is 1.84. The van der Waals surface area contributed by atoms with E-state index in [1.54, 1.807) is 0 Å². The standard InChI is InChI=1S/C15H21N5/c16-19-15(18-12-7-3-1-2-4-8-12)13-11-17-20-10-6-5-9-14(13)20/h5-6,9-12H,1-4,7-8,16H2,(H,18,19). The zero-order chi connectivity index (χ0) is 13.8. The van der Waals surface area contributed by atoms with Crippen molar-refractivity contribution in [2.24, 2.45) is 10.8 Å². The molecule has 0 amide bonds. The first kappa shape index (κ1) is 13.1. The van der Waals surface area contributed by atoms with Crippen LogP contribution in [0, 0.1) is 0 Å². The van der Waals surface area contributed by atoms with Crippen LogP contribution in [0.15, 0.2) is 35.6 Å². The normalized spacial score (nSPS) is 18.1. The van der Waals surface area contributed by atoms with Crippen molar-refractivity contribution in [3.63, 3.8) is 0 Å². The minimum absolute atomic E-state index is 0.377. The molecule has 0 spiro atoms. The third-order valence-corrected chi connectivity index (χ3v) is 3.95. The second kappa shape index (κ2) is 6.05. The molecule has 1 aliphatic carbocycles. The number of rotatable bonds is 2. The molecule has 0 radical (unpaired) electrons. The van der Waals surface area contributed by atoms with Crippen molar-refractivity contribution in [1.82, 2.24) is 15.0 Å². The van der Waals surface area contributed by atoms with Crippen LogP contribution in [0.2, 0.25) is 0 Å². The van der Waals surface area contributed by atoms with Gasteiger partial charge in [0.2, 0.25) is 0 Å². The first-order valence-electron chi connectivity index (χ1n) is 7.35. The molecule has 3 N–H and O–H groups in total. The van der Waals surface area contributed by atoms with Crippen molar-refractivity contribution in [2.45, 2.75) is 44.6 Å². The van der Waals surface area contributed by atoms with E-state index in [9.17, 15) is 0 Å². The minimum atomic E-state index is 0.377. The number of aliphatic imine (C=N–C) groups is 1. The van der Waals surface area contributed by atoms with E-state index in [1.807, 2.05) is 35.1 Å². The zero-order valence-corrected chi connectivity index (χ0v) is 11.6. The van der Waals surface area contributed by atoms with E-state index in [2.05, 4.69) is 10.5 Å². The van der Waals surface area contributed by atoms with Gasteiger partial charge < -0.3 is 5.43 Å². The van der Waals surface area contributed by atoms with Crippen molar-refractivity contribution in [2.75, 3.05) is 0 Å². The third-order valence-electron chi connectivity index (χ3n) is 3.95. The van der Waals surface area contributed by atoms with Gasteiger partial charge >= 0.3 is 0 Å². The molecule has 2 aromatic heterocycles. The fraction of sp³-hybridized carbons (Fsp3) is 0.467. The predicted molar refractivity (Wildman–Crippen MR) is 80.5 cm³/mol. The van der Waals surface area contributed by atoms with E-state index in [0.717, 1.165) is 29.8 Å². The highest BCUT2D eigenvalue weighted by Gasteiger charge is 2.15. The average molecular weight is 271 g/mol. The minimum Gasteiger partial charge on any atom is -0.308 e. The van der Waals surface area contributed by atoms with E-state index in [4.69, 9.17) is 10.8 Å². The Morgan fingerprint density at radius 3 is 2.80 bits per heavy atom. The summed E-state index contributed by atoms with van der Waals surface area (Å²) in [5.74, 6) is 6.44. The molecule has 1 fully saturated rings. The predicted octanol–water partition coefficient (Wildman–Crippen LogP) is 2.27. The molecule has 0 atom stereocenters. The Hall–Kier alpha value is -1.88. The SMILES string of the molecule is NNC(=NC1CCCCCC1)c1cnn2ccccc12. The summed E-state index contributed by atoms with van der Waals surface area (Å²) >= 11 is 0. The highest BCUT2D eigenvalue weighted by Crippen LogP contribution is 2.21. The Morgan fingerprint density at radius 1 is 1.25 bits per heavy atom. The number of amidine groups is 1. The van der Waals surface area contributed by atoms with Crippen LogP contribution in [0.25, 0.3) is 5.52 Å². The molecule has 0 saturated heterocycles. The van der Waals surface area contributed by atoms with Crippen LogP contribution in [0.4, 0.5) is 0 Å². The number of aromatic nitrogens is 2. The summed E-state index contributed by atoms with van der Waals surface area (Å²) in [6.07, 6.45) is 11.3. The molecule has 0 aliphatic heterocycles. The van der Waals surface area contributed by atoms with Crippen LogP contribution < -0.4 is 11.3 Å². The van der Waals surface area contributed by atoms with Crippen molar-refractivity contribution < 1.29 is 0 Å². The molecule has 1 aliphatic rings. The molecule has 0 unspecified atom stereocenters. The number of pyridine rings is 1. The third kappa shape index (κ3) is 2.67. The second-order valence-electron chi connectivity index (χ2n) is 5.36. The largest absolute Gasteiger partial charge is 0.308 e. The van der Waals surface area contributed by atoms with Crippen molar-refractivity contribution >= 4 is 11.4 Å². The fourth-order valence-electron chi connectivity index (χ4n) is 2.87. The second-order valence-corrected chi connectivity index (χ2v) is 5.36. The van der Waals surface area contributed by atoms with Gasteiger partial charge in [0.1, 0.15) is 5.84 Å². The van der Waals surface area contributed by atoms with Crippen LogP contribution in [-0.4, -0.2) is 21.5 Å². The van der Waals surface area contributed by atoms with Gasteiger partial charge in [0.25, 0.3) is 0 Å². The van der Waals surface area contributed by atoms with Crippen LogP contribution in [0.3, 0.4) is 0 Å². The van der Waals surface area contributed by atoms with Crippen LogP contribution >= 0.6 is 0 Å². The summed E-state index contributed by atoms with van der Waals surface area (Å²) in [6, 6.07) is 6.37. The van der Waals surface area contributed by atoms with Gasteiger partial charge in [-0.15, -0.1) is 0 Å². The van der Waals surface area contributed by atoms with E-state index in [-0.39, 0.29) is 0 Å². The van der Waals surface area contributed by atoms with Crippen LogP contribution in [-0.2, 0) is 0 Å². The summed E-state index contributed by atoms with van der Waals surface area (Å²) in [6.45, 7) is 0.